The Bertz CT molecular complexity index is 488. The third kappa shape index (κ3) is 5.50. The molecule has 118 valence electrons. The van der Waals surface area contributed by atoms with Crippen LogP contribution in [0.2, 0.25) is 0 Å². The topological polar surface area (TPSA) is 46.3 Å². The van der Waals surface area contributed by atoms with Gasteiger partial charge >= 0.3 is 0 Å². The molecule has 0 aliphatic heterocycles. The molecule has 2 N–H and O–H groups in total. The van der Waals surface area contributed by atoms with Gasteiger partial charge in [-0.05, 0) is 36.8 Å². The molecule has 1 aromatic carbocycles. The lowest BCUT2D eigenvalue weighted by Gasteiger charge is -2.28. The van der Waals surface area contributed by atoms with Crippen molar-refractivity contribution in [3.8, 4) is 0 Å². The molecule has 1 aromatic rings. The van der Waals surface area contributed by atoms with Crippen LogP contribution in [0.3, 0.4) is 0 Å². The highest BCUT2D eigenvalue weighted by Crippen LogP contribution is 2.25. The number of carbonyl (C=O) groups is 1. The van der Waals surface area contributed by atoms with E-state index >= 15 is 0 Å². The highest BCUT2D eigenvalue weighted by molar-refractivity contribution is 5.78. The van der Waals surface area contributed by atoms with Gasteiger partial charge in [-0.3, -0.25) is 4.79 Å². The highest BCUT2D eigenvalue weighted by Gasteiger charge is 2.26. The molecule has 0 aliphatic rings. The van der Waals surface area contributed by atoms with Gasteiger partial charge in [-0.25, -0.2) is 0 Å². The van der Waals surface area contributed by atoms with E-state index in [0.717, 1.165) is 6.42 Å². The van der Waals surface area contributed by atoms with Gasteiger partial charge in [0, 0.05) is 20.1 Å². The zero-order valence-corrected chi connectivity index (χ0v) is 14.4. The van der Waals surface area contributed by atoms with Crippen LogP contribution in [-0.2, 0) is 11.3 Å². The fourth-order valence-corrected chi connectivity index (χ4v) is 2.68. The molecular formula is C18H30N2O. The fourth-order valence-electron chi connectivity index (χ4n) is 2.68. The van der Waals surface area contributed by atoms with Crippen LogP contribution in [0.1, 0.15) is 43.9 Å². The van der Waals surface area contributed by atoms with E-state index < -0.39 is 0 Å². The van der Waals surface area contributed by atoms with E-state index in [2.05, 4.69) is 52.8 Å². The first-order chi connectivity index (χ1) is 9.64. The van der Waals surface area contributed by atoms with E-state index in [1.54, 1.807) is 4.90 Å². The minimum absolute atomic E-state index is 0.0965. The highest BCUT2D eigenvalue weighted by atomic mass is 16.2. The number of benzene rings is 1. The molecule has 0 bridgehead atoms. The summed E-state index contributed by atoms with van der Waals surface area (Å²) in [6.07, 6.45) is 0.819. The van der Waals surface area contributed by atoms with Crippen LogP contribution in [0.15, 0.2) is 18.2 Å². The predicted molar refractivity (Wildman–Crippen MR) is 89.0 cm³/mol. The van der Waals surface area contributed by atoms with Gasteiger partial charge in [0.15, 0.2) is 0 Å². The Morgan fingerprint density at radius 2 is 1.90 bits per heavy atom. The quantitative estimate of drug-likeness (QED) is 0.904. The van der Waals surface area contributed by atoms with Crippen LogP contribution in [-0.4, -0.2) is 24.4 Å². The van der Waals surface area contributed by atoms with E-state index in [4.69, 9.17) is 5.73 Å². The molecule has 0 aliphatic carbocycles. The molecule has 0 saturated heterocycles. The van der Waals surface area contributed by atoms with E-state index in [0.29, 0.717) is 13.1 Å². The molecule has 0 heterocycles. The Balaban J connectivity index is 2.77. The van der Waals surface area contributed by atoms with Gasteiger partial charge in [-0.2, -0.15) is 0 Å². The first kappa shape index (κ1) is 17.7. The van der Waals surface area contributed by atoms with Gasteiger partial charge in [0.1, 0.15) is 0 Å². The maximum absolute atomic E-state index is 12.6. The van der Waals surface area contributed by atoms with Crippen LogP contribution in [0, 0.1) is 25.2 Å². The molecule has 3 nitrogen and oxygen atoms in total. The van der Waals surface area contributed by atoms with Crippen LogP contribution in [0.5, 0.6) is 0 Å². The lowest BCUT2D eigenvalue weighted by atomic mass is 9.84. The molecule has 0 saturated carbocycles. The standard InChI is InChI=1S/C18H30N2O/c1-13-7-8-15(14(2)9-13)12-20(6)17(21)16(11-19)10-18(3,4)5/h7-9,16H,10-12,19H2,1-6H3. The monoisotopic (exact) mass is 290 g/mol. The summed E-state index contributed by atoms with van der Waals surface area (Å²) >= 11 is 0. The number of nitrogens with zero attached hydrogens (tertiary/aromatic N) is 1. The maximum Gasteiger partial charge on any atom is 0.227 e. The second-order valence-electron chi connectivity index (χ2n) is 7.32. The number of aryl methyl sites for hydroxylation is 2. The Labute approximate surface area is 129 Å². The van der Waals surface area contributed by atoms with Crippen molar-refractivity contribution in [3.05, 3.63) is 34.9 Å². The third-order valence-corrected chi connectivity index (χ3v) is 3.77. The molecule has 0 aromatic heterocycles. The van der Waals surface area contributed by atoms with E-state index in [1.165, 1.54) is 16.7 Å². The van der Waals surface area contributed by atoms with Crippen LogP contribution in [0.4, 0.5) is 0 Å². The van der Waals surface area contributed by atoms with Gasteiger partial charge in [0.05, 0.1) is 5.92 Å². The van der Waals surface area contributed by atoms with Crippen molar-refractivity contribution in [2.24, 2.45) is 17.1 Å². The van der Waals surface area contributed by atoms with Crippen molar-refractivity contribution in [2.75, 3.05) is 13.6 Å². The molecule has 21 heavy (non-hydrogen) atoms. The second-order valence-corrected chi connectivity index (χ2v) is 7.32. The lowest BCUT2D eigenvalue weighted by molar-refractivity contribution is -0.135. The molecular weight excluding hydrogens is 260 g/mol. The second kappa shape index (κ2) is 7.08. The van der Waals surface area contributed by atoms with Crippen molar-refractivity contribution >= 4 is 5.91 Å². The Morgan fingerprint density at radius 3 is 2.38 bits per heavy atom. The van der Waals surface area contributed by atoms with Crippen molar-refractivity contribution in [3.63, 3.8) is 0 Å². The van der Waals surface area contributed by atoms with Gasteiger partial charge < -0.3 is 10.6 Å². The fraction of sp³-hybridized carbons (Fsp3) is 0.611. The van der Waals surface area contributed by atoms with E-state index in [-0.39, 0.29) is 17.2 Å². The van der Waals surface area contributed by atoms with Crippen molar-refractivity contribution in [1.29, 1.82) is 0 Å². The first-order valence-electron chi connectivity index (χ1n) is 7.65. The smallest absolute Gasteiger partial charge is 0.227 e. The normalized spacial score (nSPS) is 13.1. The predicted octanol–water partition coefficient (Wildman–Crippen LogP) is 3.27. The lowest BCUT2D eigenvalue weighted by Crippen LogP contribution is -2.38. The summed E-state index contributed by atoms with van der Waals surface area (Å²) in [6, 6.07) is 6.36. The SMILES string of the molecule is Cc1ccc(CN(C)C(=O)C(CN)CC(C)(C)C)c(C)c1. The number of carbonyl (C=O) groups excluding carboxylic acids is 1. The van der Waals surface area contributed by atoms with Crippen LogP contribution in [0.25, 0.3) is 0 Å². The summed E-state index contributed by atoms with van der Waals surface area (Å²) in [6.45, 7) is 11.7. The molecule has 1 unspecified atom stereocenters. The zero-order chi connectivity index (χ0) is 16.2. The van der Waals surface area contributed by atoms with Gasteiger partial charge in [-0.1, -0.05) is 44.5 Å². The van der Waals surface area contributed by atoms with Crippen LogP contribution >= 0.6 is 0 Å². The summed E-state index contributed by atoms with van der Waals surface area (Å²) in [5.41, 5.74) is 9.60. The van der Waals surface area contributed by atoms with Crippen molar-refractivity contribution in [1.82, 2.24) is 4.90 Å². The molecule has 1 rings (SSSR count). The Morgan fingerprint density at radius 1 is 1.29 bits per heavy atom. The molecule has 1 amide bonds. The molecule has 0 spiro atoms. The number of rotatable bonds is 5. The van der Waals surface area contributed by atoms with Gasteiger partial charge in [0.25, 0.3) is 0 Å². The minimum Gasteiger partial charge on any atom is -0.341 e. The zero-order valence-electron chi connectivity index (χ0n) is 14.4. The van der Waals surface area contributed by atoms with Crippen molar-refractivity contribution < 1.29 is 4.79 Å². The molecule has 0 fully saturated rings. The number of hydrogen-bond donors (Lipinski definition) is 1. The Kier molecular flexibility index (Phi) is 5.97. The number of amides is 1. The first-order valence-corrected chi connectivity index (χ1v) is 7.65. The molecule has 3 heteroatoms. The van der Waals surface area contributed by atoms with Gasteiger partial charge in [0.2, 0.25) is 5.91 Å². The third-order valence-electron chi connectivity index (χ3n) is 3.77. The Hall–Kier alpha value is -1.35. The minimum atomic E-state index is -0.0965. The largest absolute Gasteiger partial charge is 0.341 e. The summed E-state index contributed by atoms with van der Waals surface area (Å²) in [5.74, 6) is 0.0492. The molecule has 0 radical (unpaired) electrons. The van der Waals surface area contributed by atoms with Crippen molar-refractivity contribution in [2.45, 2.75) is 47.6 Å². The van der Waals surface area contributed by atoms with E-state index in [9.17, 15) is 4.79 Å². The average molecular weight is 290 g/mol. The van der Waals surface area contributed by atoms with Gasteiger partial charge in [-0.15, -0.1) is 0 Å². The summed E-state index contributed by atoms with van der Waals surface area (Å²) < 4.78 is 0. The average Bonchev–Trinajstić information content (AvgIpc) is 2.37. The molecule has 1 atom stereocenters. The maximum atomic E-state index is 12.6. The summed E-state index contributed by atoms with van der Waals surface area (Å²) in [5, 5.41) is 0. The summed E-state index contributed by atoms with van der Waals surface area (Å²) in [4.78, 5) is 14.4. The van der Waals surface area contributed by atoms with Crippen LogP contribution < -0.4 is 5.73 Å². The number of nitrogens with two attached hydrogens (primary N) is 1. The summed E-state index contributed by atoms with van der Waals surface area (Å²) in [7, 11) is 1.87. The number of hydrogen-bond acceptors (Lipinski definition) is 2. The van der Waals surface area contributed by atoms with E-state index in [1.807, 2.05) is 7.05 Å².